The van der Waals surface area contributed by atoms with Crippen LogP contribution in [0.15, 0.2) is 11.6 Å². The van der Waals surface area contributed by atoms with Gasteiger partial charge in [-0.25, -0.2) is 9.59 Å². The molecule has 0 saturated carbocycles. The molecule has 0 spiro atoms. The van der Waals surface area contributed by atoms with Crippen LogP contribution in [0, 0.1) is 5.41 Å². The monoisotopic (exact) mass is 270 g/mol. The predicted molar refractivity (Wildman–Crippen MR) is 70.8 cm³/mol. The average molecular weight is 270 g/mol. The first kappa shape index (κ1) is 15.5. The number of aliphatic hydroxyl groups excluding tert-OH is 1. The normalized spacial score (nSPS) is 17.7. The maximum Gasteiger partial charge on any atom is 0.328 e. The van der Waals surface area contributed by atoms with Crippen molar-refractivity contribution in [2.75, 3.05) is 19.7 Å². The van der Waals surface area contributed by atoms with Gasteiger partial charge in [0, 0.05) is 13.1 Å². The molecule has 0 aromatic heterocycles. The van der Waals surface area contributed by atoms with Gasteiger partial charge in [0.25, 0.3) is 0 Å². The Balaban J connectivity index is 2.58. The smallest absolute Gasteiger partial charge is 0.328 e. The summed E-state index contributed by atoms with van der Waals surface area (Å²) in [4.78, 5) is 24.1. The summed E-state index contributed by atoms with van der Waals surface area (Å²) in [6.07, 6.45) is 2.80. The van der Waals surface area contributed by atoms with E-state index in [2.05, 4.69) is 26.1 Å². The molecule has 0 aromatic rings. The number of urea groups is 1. The number of hydrogen-bond acceptors (Lipinski definition) is 3. The van der Waals surface area contributed by atoms with Crippen molar-refractivity contribution in [2.24, 2.45) is 5.41 Å². The molecule has 1 heterocycles. The molecule has 0 saturated heterocycles. The maximum absolute atomic E-state index is 11.8. The van der Waals surface area contributed by atoms with Crippen LogP contribution in [0.2, 0.25) is 0 Å². The second-order valence-electron chi connectivity index (χ2n) is 5.70. The Kier molecular flexibility index (Phi) is 4.94. The largest absolute Gasteiger partial charge is 0.480 e. The van der Waals surface area contributed by atoms with Gasteiger partial charge in [0.05, 0.1) is 6.61 Å². The van der Waals surface area contributed by atoms with Crippen molar-refractivity contribution in [3.05, 3.63) is 11.6 Å². The van der Waals surface area contributed by atoms with Crippen molar-refractivity contribution in [3.8, 4) is 0 Å². The summed E-state index contributed by atoms with van der Waals surface area (Å²) >= 11 is 0. The van der Waals surface area contributed by atoms with Crippen molar-refractivity contribution < 1.29 is 19.8 Å². The number of carbonyl (C=O) groups excluding carboxylic acids is 1. The zero-order valence-corrected chi connectivity index (χ0v) is 11.6. The van der Waals surface area contributed by atoms with Crippen LogP contribution in [0.1, 0.15) is 27.2 Å². The number of nitrogens with one attached hydrogen (secondary N) is 1. The average Bonchev–Trinajstić information content (AvgIpc) is 2.34. The molecule has 1 rings (SSSR count). The molecule has 6 heteroatoms. The van der Waals surface area contributed by atoms with Gasteiger partial charge in [-0.3, -0.25) is 0 Å². The van der Waals surface area contributed by atoms with Gasteiger partial charge in [-0.2, -0.15) is 0 Å². The topological polar surface area (TPSA) is 89.9 Å². The van der Waals surface area contributed by atoms with E-state index in [0.29, 0.717) is 13.1 Å². The van der Waals surface area contributed by atoms with Gasteiger partial charge < -0.3 is 20.4 Å². The molecular formula is C13H22N2O4. The Bertz CT molecular complexity index is 385. The molecule has 108 valence electrons. The fraction of sp³-hybridized carbons (Fsp3) is 0.692. The second-order valence-corrected chi connectivity index (χ2v) is 5.70. The van der Waals surface area contributed by atoms with Gasteiger partial charge in [0.2, 0.25) is 0 Å². The van der Waals surface area contributed by atoms with Crippen molar-refractivity contribution >= 4 is 12.0 Å². The Morgan fingerprint density at radius 2 is 2.11 bits per heavy atom. The first-order valence-corrected chi connectivity index (χ1v) is 6.34. The maximum atomic E-state index is 11.8. The van der Waals surface area contributed by atoms with Crippen LogP contribution in [-0.2, 0) is 4.79 Å². The quantitative estimate of drug-likeness (QED) is 0.662. The lowest BCUT2D eigenvalue weighted by atomic mass is 9.83. The highest BCUT2D eigenvalue weighted by Crippen LogP contribution is 2.29. The first-order valence-electron chi connectivity index (χ1n) is 6.34. The van der Waals surface area contributed by atoms with Gasteiger partial charge in [0.1, 0.15) is 0 Å². The number of carboxylic acid groups (broad SMARTS) is 1. The van der Waals surface area contributed by atoms with Crippen LogP contribution < -0.4 is 5.32 Å². The van der Waals surface area contributed by atoms with Gasteiger partial charge in [-0.15, -0.1) is 0 Å². The predicted octanol–water partition coefficient (Wildman–Crippen LogP) is 0.820. The van der Waals surface area contributed by atoms with Crippen molar-refractivity contribution in [1.82, 2.24) is 10.2 Å². The van der Waals surface area contributed by atoms with Gasteiger partial charge in [-0.1, -0.05) is 32.4 Å². The Hall–Kier alpha value is -1.56. The number of carbonyl (C=O) groups is 2. The molecule has 3 N–H and O–H groups in total. The second kappa shape index (κ2) is 6.06. The number of aliphatic carboxylic acids is 1. The molecule has 0 bridgehead atoms. The molecule has 6 nitrogen and oxygen atoms in total. The summed E-state index contributed by atoms with van der Waals surface area (Å²) in [5, 5.41) is 19.9. The van der Waals surface area contributed by atoms with Crippen LogP contribution in [0.4, 0.5) is 4.79 Å². The SMILES string of the molecule is CC(C)(C)C1=CCN(C(=O)N[C@H](CO)C(=O)O)CC1. The Morgan fingerprint density at radius 3 is 2.47 bits per heavy atom. The number of amides is 2. The molecule has 0 radical (unpaired) electrons. The summed E-state index contributed by atoms with van der Waals surface area (Å²) in [7, 11) is 0. The third-order valence-electron chi connectivity index (χ3n) is 3.24. The highest BCUT2D eigenvalue weighted by molar-refractivity contribution is 5.82. The van der Waals surface area contributed by atoms with Crippen molar-refractivity contribution in [2.45, 2.75) is 33.2 Å². The van der Waals surface area contributed by atoms with E-state index in [4.69, 9.17) is 10.2 Å². The zero-order valence-electron chi connectivity index (χ0n) is 11.6. The minimum atomic E-state index is -1.25. The minimum Gasteiger partial charge on any atom is -0.480 e. The van der Waals surface area contributed by atoms with E-state index >= 15 is 0 Å². The fourth-order valence-corrected chi connectivity index (χ4v) is 1.96. The third kappa shape index (κ3) is 4.24. The summed E-state index contributed by atoms with van der Waals surface area (Å²) in [6.45, 7) is 6.79. The molecule has 0 aromatic carbocycles. The molecular weight excluding hydrogens is 248 g/mol. The Labute approximate surface area is 113 Å². The van der Waals surface area contributed by atoms with Crippen LogP contribution in [0.25, 0.3) is 0 Å². The first-order chi connectivity index (χ1) is 8.75. The third-order valence-corrected chi connectivity index (χ3v) is 3.24. The van der Waals surface area contributed by atoms with Crippen LogP contribution >= 0.6 is 0 Å². The van der Waals surface area contributed by atoms with Crippen LogP contribution in [-0.4, -0.2) is 52.9 Å². The van der Waals surface area contributed by atoms with E-state index < -0.39 is 24.6 Å². The van der Waals surface area contributed by atoms with Gasteiger partial charge in [-0.05, 0) is 11.8 Å². The Morgan fingerprint density at radius 1 is 1.47 bits per heavy atom. The molecule has 2 amide bonds. The lowest BCUT2D eigenvalue weighted by molar-refractivity contribution is -0.140. The van der Waals surface area contributed by atoms with Crippen molar-refractivity contribution in [1.29, 1.82) is 0 Å². The molecule has 1 atom stereocenters. The number of carboxylic acids is 1. The lowest BCUT2D eigenvalue weighted by Gasteiger charge is -2.32. The van der Waals surface area contributed by atoms with E-state index in [1.54, 1.807) is 4.90 Å². The molecule has 0 fully saturated rings. The summed E-state index contributed by atoms with van der Waals surface area (Å²) in [5.74, 6) is -1.24. The van der Waals surface area contributed by atoms with Crippen LogP contribution in [0.5, 0.6) is 0 Å². The van der Waals surface area contributed by atoms with Gasteiger partial charge in [0.15, 0.2) is 6.04 Å². The summed E-state index contributed by atoms with van der Waals surface area (Å²) in [5.41, 5.74) is 1.39. The van der Waals surface area contributed by atoms with Gasteiger partial charge >= 0.3 is 12.0 Å². The van der Waals surface area contributed by atoms with E-state index in [1.807, 2.05) is 6.08 Å². The summed E-state index contributed by atoms with van der Waals surface area (Å²) < 4.78 is 0. The molecule has 1 aliphatic heterocycles. The molecule has 0 unspecified atom stereocenters. The number of hydrogen-bond donors (Lipinski definition) is 3. The van der Waals surface area contributed by atoms with E-state index in [9.17, 15) is 9.59 Å². The lowest BCUT2D eigenvalue weighted by Crippen LogP contribution is -2.50. The van der Waals surface area contributed by atoms with Crippen LogP contribution in [0.3, 0.4) is 0 Å². The summed E-state index contributed by atoms with van der Waals surface area (Å²) in [6, 6.07) is -1.70. The molecule has 0 aliphatic carbocycles. The standard InChI is InChI=1S/C13H22N2O4/c1-13(2,3)9-4-6-15(7-5-9)12(19)14-10(8-16)11(17)18/h4,10,16H,5-8H2,1-3H3,(H,14,19)(H,17,18)/t10-/m1/s1. The zero-order chi connectivity index (χ0) is 14.6. The highest BCUT2D eigenvalue weighted by Gasteiger charge is 2.26. The number of aliphatic hydroxyl groups is 1. The van der Waals surface area contributed by atoms with E-state index in [0.717, 1.165) is 6.42 Å². The minimum absolute atomic E-state index is 0.0945. The molecule has 19 heavy (non-hydrogen) atoms. The van der Waals surface area contributed by atoms with E-state index in [-0.39, 0.29) is 5.41 Å². The van der Waals surface area contributed by atoms with E-state index in [1.165, 1.54) is 5.57 Å². The molecule has 1 aliphatic rings. The number of rotatable bonds is 3. The van der Waals surface area contributed by atoms with Crippen molar-refractivity contribution in [3.63, 3.8) is 0 Å². The number of nitrogens with zero attached hydrogens (tertiary/aromatic N) is 1. The fourth-order valence-electron chi connectivity index (χ4n) is 1.96. The highest BCUT2D eigenvalue weighted by atomic mass is 16.4.